The third-order valence-electron chi connectivity index (χ3n) is 2.82. The van der Waals surface area contributed by atoms with E-state index < -0.39 is 17.9 Å². The van der Waals surface area contributed by atoms with Crippen molar-refractivity contribution in [1.29, 1.82) is 0 Å². The fourth-order valence-corrected chi connectivity index (χ4v) is 1.82. The Balaban J connectivity index is 2.08. The van der Waals surface area contributed by atoms with Crippen molar-refractivity contribution < 1.29 is 19.1 Å². The highest BCUT2D eigenvalue weighted by molar-refractivity contribution is 5.94. The van der Waals surface area contributed by atoms with Crippen molar-refractivity contribution in [3.8, 4) is 0 Å². The van der Waals surface area contributed by atoms with Gasteiger partial charge in [0.25, 0.3) is 5.91 Å². The highest BCUT2D eigenvalue weighted by atomic mass is 16.4. The zero-order valence-electron chi connectivity index (χ0n) is 11.9. The molecule has 1 amide bonds. The average Bonchev–Trinajstić information content (AvgIpc) is 3.01. The molecule has 8 nitrogen and oxygen atoms in total. The van der Waals surface area contributed by atoms with E-state index in [9.17, 15) is 9.59 Å². The topological polar surface area (TPSA) is 117 Å². The molecule has 0 aliphatic carbocycles. The van der Waals surface area contributed by atoms with Crippen molar-refractivity contribution in [3.05, 3.63) is 42.1 Å². The third kappa shape index (κ3) is 4.05. The average molecular weight is 304 g/mol. The first-order valence-corrected chi connectivity index (χ1v) is 6.72. The van der Waals surface area contributed by atoms with Crippen molar-refractivity contribution in [3.63, 3.8) is 0 Å². The SMILES string of the molecule is CCNc1ncc(C(=O)NC(CC(=O)O)c2ccco2)cn1. The number of carboxylic acids is 1. The van der Waals surface area contributed by atoms with E-state index >= 15 is 0 Å². The van der Waals surface area contributed by atoms with Crippen LogP contribution in [0.25, 0.3) is 0 Å². The second-order valence-corrected chi connectivity index (χ2v) is 4.47. The van der Waals surface area contributed by atoms with Crippen molar-refractivity contribution in [1.82, 2.24) is 15.3 Å². The summed E-state index contributed by atoms with van der Waals surface area (Å²) in [6.45, 7) is 2.58. The van der Waals surface area contributed by atoms with Crippen LogP contribution in [0.2, 0.25) is 0 Å². The second-order valence-electron chi connectivity index (χ2n) is 4.47. The number of furan rings is 1. The quantitative estimate of drug-likeness (QED) is 0.708. The van der Waals surface area contributed by atoms with Gasteiger partial charge in [0.2, 0.25) is 5.95 Å². The van der Waals surface area contributed by atoms with E-state index in [4.69, 9.17) is 9.52 Å². The van der Waals surface area contributed by atoms with Gasteiger partial charge < -0.3 is 20.2 Å². The fraction of sp³-hybridized carbons (Fsp3) is 0.286. The van der Waals surface area contributed by atoms with Gasteiger partial charge in [0, 0.05) is 18.9 Å². The predicted molar refractivity (Wildman–Crippen MR) is 77.4 cm³/mol. The Kier molecular flexibility index (Phi) is 5.07. The summed E-state index contributed by atoms with van der Waals surface area (Å²) in [5.74, 6) is -0.709. The van der Waals surface area contributed by atoms with Crippen molar-refractivity contribution in [2.45, 2.75) is 19.4 Å². The number of hydrogen-bond acceptors (Lipinski definition) is 6. The summed E-state index contributed by atoms with van der Waals surface area (Å²) >= 11 is 0. The minimum absolute atomic E-state index is 0.239. The van der Waals surface area contributed by atoms with Crippen LogP contribution >= 0.6 is 0 Å². The highest BCUT2D eigenvalue weighted by Crippen LogP contribution is 2.18. The van der Waals surface area contributed by atoms with Crippen molar-refractivity contribution >= 4 is 17.8 Å². The van der Waals surface area contributed by atoms with E-state index in [0.717, 1.165) is 0 Å². The number of anilines is 1. The Morgan fingerprint density at radius 1 is 1.36 bits per heavy atom. The molecule has 1 unspecified atom stereocenters. The number of carbonyl (C=O) groups excluding carboxylic acids is 1. The van der Waals surface area contributed by atoms with E-state index in [1.54, 1.807) is 12.1 Å². The normalized spacial score (nSPS) is 11.7. The molecule has 1 atom stereocenters. The molecule has 3 N–H and O–H groups in total. The molecule has 0 radical (unpaired) electrons. The van der Waals surface area contributed by atoms with Gasteiger partial charge >= 0.3 is 5.97 Å². The number of nitrogens with one attached hydrogen (secondary N) is 2. The lowest BCUT2D eigenvalue weighted by Gasteiger charge is -2.14. The van der Waals surface area contributed by atoms with Gasteiger partial charge in [0.05, 0.1) is 24.3 Å². The van der Waals surface area contributed by atoms with Crippen LogP contribution in [0.4, 0.5) is 5.95 Å². The summed E-state index contributed by atoms with van der Waals surface area (Å²) in [5, 5.41) is 14.5. The first-order valence-electron chi connectivity index (χ1n) is 6.72. The summed E-state index contributed by atoms with van der Waals surface area (Å²) in [7, 11) is 0. The van der Waals surface area contributed by atoms with Gasteiger partial charge in [-0.2, -0.15) is 0 Å². The van der Waals surface area contributed by atoms with Gasteiger partial charge in [-0.15, -0.1) is 0 Å². The van der Waals surface area contributed by atoms with E-state index in [2.05, 4.69) is 20.6 Å². The molecule has 0 spiro atoms. The minimum atomic E-state index is -1.04. The molecular weight excluding hydrogens is 288 g/mol. The van der Waals surface area contributed by atoms with Crippen molar-refractivity contribution in [2.24, 2.45) is 0 Å². The Morgan fingerprint density at radius 3 is 2.64 bits per heavy atom. The number of amides is 1. The van der Waals surface area contributed by atoms with Gasteiger partial charge in [0.1, 0.15) is 5.76 Å². The van der Waals surface area contributed by atoms with E-state index in [1.807, 2.05) is 6.92 Å². The Hall–Kier alpha value is -2.90. The molecule has 0 bridgehead atoms. The molecule has 22 heavy (non-hydrogen) atoms. The van der Waals surface area contributed by atoms with Crippen LogP contribution in [0.15, 0.2) is 35.2 Å². The zero-order valence-corrected chi connectivity index (χ0v) is 11.9. The lowest BCUT2D eigenvalue weighted by Crippen LogP contribution is -2.30. The molecule has 0 fully saturated rings. The summed E-state index contributed by atoms with van der Waals surface area (Å²) in [6.07, 6.45) is 3.89. The maximum absolute atomic E-state index is 12.2. The van der Waals surface area contributed by atoms with Gasteiger partial charge in [0.15, 0.2) is 0 Å². The molecule has 2 heterocycles. The predicted octanol–water partition coefficient (Wildman–Crippen LogP) is 1.45. The van der Waals surface area contributed by atoms with E-state index in [1.165, 1.54) is 18.7 Å². The van der Waals surface area contributed by atoms with Crippen LogP contribution in [-0.4, -0.2) is 33.5 Å². The maximum Gasteiger partial charge on any atom is 0.305 e. The van der Waals surface area contributed by atoms with Crippen LogP contribution < -0.4 is 10.6 Å². The smallest absolute Gasteiger partial charge is 0.305 e. The molecule has 0 aliphatic heterocycles. The highest BCUT2D eigenvalue weighted by Gasteiger charge is 2.21. The molecule has 116 valence electrons. The largest absolute Gasteiger partial charge is 0.481 e. The Bertz CT molecular complexity index is 625. The molecule has 2 rings (SSSR count). The van der Waals surface area contributed by atoms with Crippen LogP contribution in [0, 0.1) is 0 Å². The van der Waals surface area contributed by atoms with Crippen LogP contribution in [0.5, 0.6) is 0 Å². The zero-order chi connectivity index (χ0) is 15.9. The van der Waals surface area contributed by atoms with Gasteiger partial charge in [-0.05, 0) is 19.1 Å². The van der Waals surface area contributed by atoms with Gasteiger partial charge in [-0.1, -0.05) is 0 Å². The number of carboxylic acid groups (broad SMARTS) is 1. The lowest BCUT2D eigenvalue weighted by molar-refractivity contribution is -0.137. The first-order chi connectivity index (χ1) is 10.6. The first kappa shape index (κ1) is 15.5. The maximum atomic E-state index is 12.2. The summed E-state index contributed by atoms with van der Waals surface area (Å²) < 4.78 is 5.17. The monoisotopic (exact) mass is 304 g/mol. The molecule has 8 heteroatoms. The van der Waals surface area contributed by atoms with Crippen LogP contribution in [0.1, 0.15) is 35.5 Å². The number of hydrogen-bond donors (Lipinski definition) is 3. The minimum Gasteiger partial charge on any atom is -0.481 e. The second kappa shape index (κ2) is 7.21. The fourth-order valence-electron chi connectivity index (χ4n) is 1.82. The van der Waals surface area contributed by atoms with Crippen LogP contribution in [-0.2, 0) is 4.79 Å². The number of nitrogens with zero attached hydrogens (tertiary/aromatic N) is 2. The lowest BCUT2D eigenvalue weighted by atomic mass is 10.1. The van der Waals surface area contributed by atoms with Gasteiger partial charge in [-0.3, -0.25) is 9.59 Å². The molecule has 0 aromatic carbocycles. The number of aromatic nitrogens is 2. The summed E-state index contributed by atoms with van der Waals surface area (Å²) in [6, 6.07) is 2.48. The molecule has 0 saturated carbocycles. The molecule has 2 aromatic rings. The molecule has 2 aromatic heterocycles. The standard InChI is InChI=1S/C14H16N4O4/c1-2-15-14-16-7-9(8-17-14)13(21)18-10(6-12(19)20)11-4-3-5-22-11/h3-5,7-8,10H,2,6H2,1H3,(H,18,21)(H,19,20)(H,15,16,17). The number of rotatable bonds is 7. The molecule has 0 aliphatic rings. The van der Waals surface area contributed by atoms with Gasteiger partial charge in [-0.25, -0.2) is 9.97 Å². The molecular formula is C14H16N4O4. The number of carbonyl (C=O) groups is 2. The van der Waals surface area contributed by atoms with Crippen LogP contribution in [0.3, 0.4) is 0 Å². The van der Waals surface area contributed by atoms with E-state index in [0.29, 0.717) is 18.3 Å². The molecule has 0 saturated heterocycles. The third-order valence-corrected chi connectivity index (χ3v) is 2.82. The Labute approximate surface area is 126 Å². The summed E-state index contributed by atoms with van der Waals surface area (Å²) in [5.41, 5.74) is 0.239. The summed E-state index contributed by atoms with van der Waals surface area (Å²) in [4.78, 5) is 31.1. The Morgan fingerprint density at radius 2 is 2.09 bits per heavy atom. The van der Waals surface area contributed by atoms with Crippen molar-refractivity contribution in [2.75, 3.05) is 11.9 Å². The van der Waals surface area contributed by atoms with E-state index in [-0.39, 0.29) is 12.0 Å². The number of aliphatic carboxylic acids is 1.